The molecule has 0 aromatic heterocycles. The van der Waals surface area contributed by atoms with E-state index in [0.29, 0.717) is 24.6 Å². The van der Waals surface area contributed by atoms with Crippen LogP contribution in [0.4, 0.5) is 0 Å². The van der Waals surface area contributed by atoms with E-state index in [4.69, 9.17) is 4.74 Å². The lowest BCUT2D eigenvalue weighted by Crippen LogP contribution is -2.67. The van der Waals surface area contributed by atoms with Crippen LogP contribution in [-0.2, 0) is 14.6 Å². The predicted octanol–water partition coefficient (Wildman–Crippen LogP) is 1.21. The number of ether oxygens (including phenoxy) is 1. The van der Waals surface area contributed by atoms with E-state index in [1.54, 1.807) is 13.8 Å². The molecular formula is C13H25NO3S. The van der Waals surface area contributed by atoms with Crippen molar-refractivity contribution >= 4 is 9.84 Å². The molecule has 1 heterocycles. The molecule has 0 aromatic rings. The summed E-state index contributed by atoms with van der Waals surface area (Å²) in [5.41, 5.74) is 0.106. The molecule has 0 bridgehead atoms. The zero-order chi connectivity index (χ0) is 13.8. The average molecular weight is 275 g/mol. The van der Waals surface area contributed by atoms with Gasteiger partial charge in [0.2, 0.25) is 0 Å². The highest BCUT2D eigenvalue weighted by Gasteiger charge is 2.59. The van der Waals surface area contributed by atoms with Crippen molar-refractivity contribution in [3.63, 3.8) is 0 Å². The Morgan fingerprint density at radius 1 is 1.39 bits per heavy atom. The molecule has 18 heavy (non-hydrogen) atoms. The molecule has 5 heteroatoms. The highest BCUT2D eigenvalue weighted by Crippen LogP contribution is 2.52. The van der Waals surface area contributed by atoms with Gasteiger partial charge in [0.1, 0.15) is 0 Å². The third-order valence-corrected chi connectivity index (χ3v) is 7.00. The van der Waals surface area contributed by atoms with Gasteiger partial charge in [0, 0.05) is 36.8 Å². The van der Waals surface area contributed by atoms with Crippen LogP contribution in [0.25, 0.3) is 0 Å². The molecule has 106 valence electrons. The van der Waals surface area contributed by atoms with E-state index in [0.717, 1.165) is 13.0 Å². The first-order chi connectivity index (χ1) is 8.07. The average Bonchev–Trinajstić information content (AvgIpc) is 2.61. The topological polar surface area (TPSA) is 55.4 Å². The fourth-order valence-electron chi connectivity index (χ4n) is 3.23. The summed E-state index contributed by atoms with van der Waals surface area (Å²) in [7, 11) is -3.04. The normalized spacial score (nSPS) is 35.1. The lowest BCUT2D eigenvalue weighted by Gasteiger charge is -2.55. The van der Waals surface area contributed by atoms with Gasteiger partial charge in [-0.05, 0) is 20.3 Å². The van der Waals surface area contributed by atoms with Crippen molar-refractivity contribution in [2.75, 3.05) is 19.4 Å². The van der Waals surface area contributed by atoms with Gasteiger partial charge < -0.3 is 10.1 Å². The van der Waals surface area contributed by atoms with Crippen LogP contribution < -0.4 is 5.32 Å². The largest absolute Gasteiger partial charge is 0.377 e. The van der Waals surface area contributed by atoms with E-state index in [2.05, 4.69) is 19.2 Å². The third-order valence-electron chi connectivity index (χ3n) is 4.85. The molecule has 1 aliphatic carbocycles. The van der Waals surface area contributed by atoms with E-state index in [1.165, 1.54) is 6.26 Å². The Morgan fingerprint density at radius 2 is 2.00 bits per heavy atom. The van der Waals surface area contributed by atoms with Crippen LogP contribution in [0.3, 0.4) is 0 Å². The molecular weight excluding hydrogens is 250 g/mol. The highest BCUT2D eigenvalue weighted by molar-refractivity contribution is 7.92. The highest BCUT2D eigenvalue weighted by atomic mass is 32.2. The minimum absolute atomic E-state index is 0.106. The molecule has 1 saturated carbocycles. The summed E-state index contributed by atoms with van der Waals surface area (Å²) in [5.74, 6) is 0.551. The van der Waals surface area contributed by atoms with Crippen LogP contribution in [-0.4, -0.2) is 44.7 Å². The maximum absolute atomic E-state index is 11.7. The molecule has 1 N–H and O–H groups in total. The third kappa shape index (κ3) is 2.10. The van der Waals surface area contributed by atoms with E-state index in [9.17, 15) is 8.42 Å². The van der Waals surface area contributed by atoms with Crippen molar-refractivity contribution in [3.8, 4) is 0 Å². The number of fused-ring (bicyclic) bond motifs is 1. The van der Waals surface area contributed by atoms with Gasteiger partial charge in [-0.25, -0.2) is 8.42 Å². The molecule has 3 unspecified atom stereocenters. The molecule has 0 spiro atoms. The van der Waals surface area contributed by atoms with Gasteiger partial charge in [0.05, 0.1) is 10.9 Å². The second kappa shape index (κ2) is 4.18. The number of sulfone groups is 1. The molecule has 1 saturated heterocycles. The standard InChI is InChI=1S/C13H25NO3S/c1-12(2,18(5,15)16)8-14-10-9-6-7-17-11(9)13(10,3)4/h9-11,14H,6-8H2,1-5H3. The summed E-state index contributed by atoms with van der Waals surface area (Å²) >= 11 is 0. The van der Waals surface area contributed by atoms with E-state index >= 15 is 0 Å². The maximum atomic E-state index is 11.7. The monoisotopic (exact) mass is 275 g/mol. The number of hydrogen-bond acceptors (Lipinski definition) is 4. The van der Waals surface area contributed by atoms with Crippen molar-refractivity contribution in [3.05, 3.63) is 0 Å². The maximum Gasteiger partial charge on any atom is 0.153 e. The Kier molecular flexibility index (Phi) is 3.32. The molecule has 0 radical (unpaired) electrons. The lowest BCUT2D eigenvalue weighted by molar-refractivity contribution is -0.112. The van der Waals surface area contributed by atoms with Crippen molar-refractivity contribution in [2.45, 2.75) is 51.0 Å². The molecule has 0 amide bonds. The molecule has 2 aliphatic rings. The minimum atomic E-state index is -3.04. The molecule has 0 aromatic carbocycles. The fraction of sp³-hybridized carbons (Fsp3) is 1.00. The molecule has 4 nitrogen and oxygen atoms in total. The second-order valence-electron chi connectivity index (χ2n) is 6.96. The Morgan fingerprint density at radius 3 is 2.56 bits per heavy atom. The quantitative estimate of drug-likeness (QED) is 0.838. The van der Waals surface area contributed by atoms with Crippen LogP contribution in [0.1, 0.15) is 34.1 Å². The van der Waals surface area contributed by atoms with Crippen molar-refractivity contribution in [2.24, 2.45) is 11.3 Å². The molecule has 3 atom stereocenters. The summed E-state index contributed by atoms with van der Waals surface area (Å²) in [6.07, 6.45) is 2.74. The molecule has 2 fully saturated rings. The van der Waals surface area contributed by atoms with Gasteiger partial charge in [-0.3, -0.25) is 0 Å². The number of hydrogen-bond donors (Lipinski definition) is 1. The predicted molar refractivity (Wildman–Crippen MR) is 72.3 cm³/mol. The SMILES string of the molecule is CC1(C)C(NCC(C)(C)S(C)(=O)=O)C2CCOC21. The van der Waals surface area contributed by atoms with Gasteiger partial charge in [-0.1, -0.05) is 13.8 Å². The van der Waals surface area contributed by atoms with Crippen LogP contribution in [0, 0.1) is 11.3 Å². The Hall–Kier alpha value is -0.130. The van der Waals surface area contributed by atoms with Crippen LogP contribution in [0.5, 0.6) is 0 Å². The van der Waals surface area contributed by atoms with Crippen molar-refractivity contribution in [1.29, 1.82) is 0 Å². The summed E-state index contributed by atoms with van der Waals surface area (Å²) in [5, 5.41) is 3.47. The Labute approximate surface area is 110 Å². The first kappa shape index (κ1) is 14.3. The van der Waals surface area contributed by atoms with E-state index < -0.39 is 14.6 Å². The first-order valence-corrected chi connectivity index (χ1v) is 8.51. The van der Waals surface area contributed by atoms with Crippen LogP contribution in [0.15, 0.2) is 0 Å². The number of rotatable bonds is 4. The van der Waals surface area contributed by atoms with Gasteiger partial charge in [0.25, 0.3) is 0 Å². The second-order valence-corrected chi connectivity index (χ2v) is 9.61. The Bertz CT molecular complexity index is 428. The summed E-state index contributed by atoms with van der Waals surface area (Å²) in [6, 6.07) is 0.367. The van der Waals surface area contributed by atoms with E-state index in [1.807, 2.05) is 0 Å². The van der Waals surface area contributed by atoms with Gasteiger partial charge in [-0.15, -0.1) is 0 Å². The number of nitrogens with one attached hydrogen (secondary N) is 1. The molecule has 1 aliphatic heterocycles. The zero-order valence-corrected chi connectivity index (χ0v) is 12.8. The first-order valence-electron chi connectivity index (χ1n) is 6.62. The van der Waals surface area contributed by atoms with Gasteiger partial charge >= 0.3 is 0 Å². The minimum Gasteiger partial charge on any atom is -0.377 e. The smallest absolute Gasteiger partial charge is 0.153 e. The van der Waals surface area contributed by atoms with Gasteiger partial charge in [-0.2, -0.15) is 0 Å². The van der Waals surface area contributed by atoms with Crippen LogP contribution in [0.2, 0.25) is 0 Å². The van der Waals surface area contributed by atoms with E-state index in [-0.39, 0.29) is 5.41 Å². The van der Waals surface area contributed by atoms with Gasteiger partial charge in [0.15, 0.2) is 9.84 Å². The van der Waals surface area contributed by atoms with Crippen molar-refractivity contribution in [1.82, 2.24) is 5.32 Å². The van der Waals surface area contributed by atoms with Crippen LogP contribution >= 0.6 is 0 Å². The Balaban J connectivity index is 2.00. The zero-order valence-electron chi connectivity index (χ0n) is 12.0. The van der Waals surface area contributed by atoms with Crippen molar-refractivity contribution < 1.29 is 13.2 Å². The summed E-state index contributed by atoms with van der Waals surface area (Å²) in [4.78, 5) is 0. The lowest BCUT2D eigenvalue weighted by atomic mass is 9.57. The fourth-order valence-corrected chi connectivity index (χ4v) is 3.57. The molecule has 2 rings (SSSR count). The summed E-state index contributed by atoms with van der Waals surface area (Å²) in [6.45, 7) is 9.30. The summed E-state index contributed by atoms with van der Waals surface area (Å²) < 4.78 is 28.4.